The Morgan fingerprint density at radius 2 is 2.16 bits per heavy atom. The molecule has 8 heteroatoms. The molecule has 25 heavy (non-hydrogen) atoms. The summed E-state index contributed by atoms with van der Waals surface area (Å²) in [5, 5.41) is 12.3. The first kappa shape index (κ1) is 16.3. The molecule has 132 valence electrons. The smallest absolute Gasteiger partial charge is 0.404 e. The Bertz CT molecular complexity index is 925. The van der Waals surface area contributed by atoms with E-state index in [1.54, 1.807) is 24.5 Å². The van der Waals surface area contributed by atoms with Crippen LogP contribution in [0.2, 0.25) is 0 Å². The van der Waals surface area contributed by atoms with Crippen LogP contribution in [0.3, 0.4) is 0 Å². The van der Waals surface area contributed by atoms with Gasteiger partial charge in [-0.05, 0) is 44.1 Å². The first-order chi connectivity index (χ1) is 12.0. The van der Waals surface area contributed by atoms with Crippen LogP contribution in [-0.4, -0.2) is 31.8 Å². The number of imidazole rings is 1. The molecule has 3 N–H and O–H groups in total. The summed E-state index contributed by atoms with van der Waals surface area (Å²) in [7, 11) is 0. The summed E-state index contributed by atoms with van der Waals surface area (Å²) >= 11 is 1.64. The molecule has 0 aromatic carbocycles. The van der Waals surface area contributed by atoms with Crippen molar-refractivity contribution in [3.8, 4) is 0 Å². The minimum absolute atomic E-state index is 0.123. The number of carbonyl (C=O) groups is 1. The molecule has 0 saturated heterocycles. The predicted molar refractivity (Wildman–Crippen MR) is 95.5 cm³/mol. The predicted octanol–water partition coefficient (Wildman–Crippen LogP) is 3.28. The van der Waals surface area contributed by atoms with Gasteiger partial charge in [0.1, 0.15) is 23.5 Å². The highest BCUT2D eigenvalue weighted by molar-refractivity contribution is 7.18. The van der Waals surface area contributed by atoms with E-state index in [0.29, 0.717) is 5.82 Å². The van der Waals surface area contributed by atoms with E-state index < -0.39 is 12.2 Å². The van der Waals surface area contributed by atoms with Gasteiger partial charge in [-0.1, -0.05) is 0 Å². The average molecular weight is 360 g/mol. The summed E-state index contributed by atoms with van der Waals surface area (Å²) < 4.78 is 8.39. The van der Waals surface area contributed by atoms with Crippen LogP contribution in [0.1, 0.15) is 50.6 Å². The number of ether oxygens (including phenoxy) is 1. The lowest BCUT2D eigenvalue weighted by molar-refractivity contribution is 0.0713. The SMILES string of the molecule is C[C@@H](O)c1nc2cnc3ccsc3c2n1C1CCC(OC(N)=O)CC1. The maximum Gasteiger partial charge on any atom is 0.404 e. The topological polar surface area (TPSA) is 103 Å². The fourth-order valence-corrected chi connectivity index (χ4v) is 4.63. The zero-order valence-corrected chi connectivity index (χ0v) is 14.7. The molecule has 3 aromatic heterocycles. The maximum atomic E-state index is 11.0. The second kappa shape index (κ2) is 6.27. The molecule has 3 aromatic rings. The number of nitrogens with two attached hydrogens (primary N) is 1. The van der Waals surface area contributed by atoms with Crippen LogP contribution in [0.15, 0.2) is 17.6 Å². The fourth-order valence-electron chi connectivity index (χ4n) is 3.75. The summed E-state index contributed by atoms with van der Waals surface area (Å²) in [6.07, 6.45) is 3.47. The van der Waals surface area contributed by atoms with Crippen molar-refractivity contribution in [2.24, 2.45) is 5.73 Å². The van der Waals surface area contributed by atoms with Crippen LogP contribution in [0.4, 0.5) is 4.79 Å². The standard InChI is InChI=1S/C17H20N4O3S/c1-9(22)16-20-13-8-19-12-6-7-25-15(12)14(13)21(16)10-2-4-11(5-3-10)24-17(18)23/h6-11,22H,2-5H2,1H3,(H2,18,23)/t9-,10?,11?/m1/s1. The minimum atomic E-state index is -0.715. The summed E-state index contributed by atoms with van der Waals surface area (Å²) in [5.74, 6) is 0.664. The van der Waals surface area contributed by atoms with Crippen LogP contribution < -0.4 is 5.73 Å². The highest BCUT2D eigenvalue weighted by atomic mass is 32.1. The third-order valence-electron chi connectivity index (χ3n) is 4.82. The third-order valence-corrected chi connectivity index (χ3v) is 5.73. The molecule has 0 radical (unpaired) electrons. The van der Waals surface area contributed by atoms with Crippen LogP contribution in [-0.2, 0) is 4.74 Å². The van der Waals surface area contributed by atoms with Gasteiger partial charge in [0.05, 0.1) is 21.9 Å². The van der Waals surface area contributed by atoms with Gasteiger partial charge in [-0.3, -0.25) is 4.98 Å². The molecule has 1 saturated carbocycles. The Labute approximate surface area is 148 Å². The molecule has 0 aliphatic heterocycles. The number of primary amides is 1. The van der Waals surface area contributed by atoms with Gasteiger partial charge in [-0.15, -0.1) is 11.3 Å². The first-order valence-electron chi connectivity index (χ1n) is 8.42. The molecule has 4 rings (SSSR count). The summed E-state index contributed by atoms with van der Waals surface area (Å²) in [6.45, 7) is 1.73. The van der Waals surface area contributed by atoms with E-state index in [0.717, 1.165) is 46.9 Å². The Balaban J connectivity index is 1.76. The first-order valence-corrected chi connectivity index (χ1v) is 9.30. The zero-order chi connectivity index (χ0) is 17.6. The summed E-state index contributed by atoms with van der Waals surface area (Å²) in [5.41, 5.74) is 7.92. The van der Waals surface area contributed by atoms with Gasteiger partial charge in [0, 0.05) is 6.04 Å². The van der Waals surface area contributed by atoms with Gasteiger partial charge in [-0.25, -0.2) is 9.78 Å². The lowest BCUT2D eigenvalue weighted by Crippen LogP contribution is -2.28. The lowest BCUT2D eigenvalue weighted by Gasteiger charge is -2.30. The van der Waals surface area contributed by atoms with Gasteiger partial charge in [0.2, 0.25) is 0 Å². The van der Waals surface area contributed by atoms with Gasteiger partial charge in [0.25, 0.3) is 0 Å². The van der Waals surface area contributed by atoms with Gasteiger partial charge < -0.3 is 20.1 Å². The molecule has 3 heterocycles. The number of fused-ring (bicyclic) bond motifs is 3. The number of thiophene rings is 1. The zero-order valence-electron chi connectivity index (χ0n) is 13.9. The number of pyridine rings is 1. The van der Waals surface area contributed by atoms with Gasteiger partial charge in [0.15, 0.2) is 0 Å². The highest BCUT2D eigenvalue weighted by Gasteiger charge is 2.29. The van der Waals surface area contributed by atoms with Crippen molar-refractivity contribution in [2.75, 3.05) is 0 Å². The lowest BCUT2D eigenvalue weighted by atomic mass is 9.92. The van der Waals surface area contributed by atoms with E-state index in [2.05, 4.69) is 14.5 Å². The van der Waals surface area contributed by atoms with Crippen molar-refractivity contribution < 1.29 is 14.6 Å². The maximum absolute atomic E-state index is 11.0. The Hall–Kier alpha value is -2.19. The molecule has 1 amide bonds. The van der Waals surface area contributed by atoms with E-state index in [1.165, 1.54) is 0 Å². The molecule has 1 fully saturated rings. The quantitative estimate of drug-likeness (QED) is 0.746. The van der Waals surface area contributed by atoms with Gasteiger partial charge in [-0.2, -0.15) is 0 Å². The fraction of sp³-hybridized carbons (Fsp3) is 0.471. The number of aliphatic hydroxyl groups excluding tert-OH is 1. The summed E-state index contributed by atoms with van der Waals surface area (Å²) in [4.78, 5) is 20.0. The number of rotatable bonds is 3. The molecule has 0 unspecified atom stereocenters. The average Bonchev–Trinajstić information content (AvgIpc) is 3.18. The third kappa shape index (κ3) is 2.85. The largest absolute Gasteiger partial charge is 0.446 e. The van der Waals surface area contributed by atoms with E-state index in [1.807, 2.05) is 11.4 Å². The minimum Gasteiger partial charge on any atom is -0.446 e. The van der Waals surface area contributed by atoms with Crippen molar-refractivity contribution in [2.45, 2.75) is 50.9 Å². The monoisotopic (exact) mass is 360 g/mol. The Morgan fingerprint density at radius 3 is 2.84 bits per heavy atom. The van der Waals surface area contributed by atoms with E-state index >= 15 is 0 Å². The highest BCUT2D eigenvalue weighted by Crippen LogP contribution is 2.38. The van der Waals surface area contributed by atoms with Crippen molar-refractivity contribution >= 4 is 38.7 Å². The normalized spacial score (nSPS) is 22.3. The number of amides is 1. The van der Waals surface area contributed by atoms with Crippen LogP contribution in [0, 0.1) is 0 Å². The Morgan fingerprint density at radius 1 is 1.40 bits per heavy atom. The number of hydrogen-bond donors (Lipinski definition) is 2. The number of aliphatic hydroxyl groups is 1. The van der Waals surface area contributed by atoms with Crippen molar-refractivity contribution in [1.82, 2.24) is 14.5 Å². The number of carbonyl (C=O) groups excluding carboxylic acids is 1. The molecule has 0 bridgehead atoms. The van der Waals surface area contributed by atoms with E-state index in [9.17, 15) is 9.90 Å². The van der Waals surface area contributed by atoms with E-state index in [-0.39, 0.29) is 12.1 Å². The van der Waals surface area contributed by atoms with Crippen LogP contribution in [0.25, 0.3) is 21.3 Å². The van der Waals surface area contributed by atoms with Gasteiger partial charge >= 0.3 is 6.09 Å². The number of aromatic nitrogens is 3. The molecule has 1 aliphatic rings. The number of nitrogens with zero attached hydrogens (tertiary/aromatic N) is 3. The summed E-state index contributed by atoms with van der Waals surface area (Å²) in [6, 6.07) is 2.20. The Kier molecular flexibility index (Phi) is 4.09. The van der Waals surface area contributed by atoms with Crippen molar-refractivity contribution in [1.29, 1.82) is 0 Å². The second-order valence-corrected chi connectivity index (χ2v) is 7.43. The molecular formula is C17H20N4O3S. The van der Waals surface area contributed by atoms with Crippen LogP contribution >= 0.6 is 11.3 Å². The number of hydrogen-bond acceptors (Lipinski definition) is 6. The molecule has 0 spiro atoms. The van der Waals surface area contributed by atoms with E-state index in [4.69, 9.17) is 10.5 Å². The van der Waals surface area contributed by atoms with Crippen molar-refractivity contribution in [3.63, 3.8) is 0 Å². The van der Waals surface area contributed by atoms with Crippen LogP contribution in [0.5, 0.6) is 0 Å². The molecule has 7 nitrogen and oxygen atoms in total. The molecule has 1 atom stereocenters. The molecular weight excluding hydrogens is 340 g/mol. The molecule has 1 aliphatic carbocycles. The second-order valence-electron chi connectivity index (χ2n) is 6.51. The van der Waals surface area contributed by atoms with Crippen molar-refractivity contribution in [3.05, 3.63) is 23.5 Å².